The van der Waals surface area contributed by atoms with Crippen molar-refractivity contribution in [1.82, 2.24) is 0 Å². The van der Waals surface area contributed by atoms with Crippen LogP contribution in [-0.2, 0) is 17.6 Å². The van der Waals surface area contributed by atoms with Crippen LogP contribution < -0.4 is 10.5 Å². The summed E-state index contributed by atoms with van der Waals surface area (Å²) in [7, 11) is 1.54. The lowest BCUT2D eigenvalue weighted by molar-refractivity contribution is -0.127. The number of ketones is 1. The van der Waals surface area contributed by atoms with E-state index in [1.165, 1.54) is 19.1 Å². The summed E-state index contributed by atoms with van der Waals surface area (Å²) in [5, 5.41) is 10.0. The molecule has 1 saturated carbocycles. The Labute approximate surface area is 161 Å². The number of nitrogen functional groups attached to an aromatic ring is 1. The van der Waals surface area contributed by atoms with Crippen LogP contribution in [0, 0.1) is 11.8 Å². The predicted molar refractivity (Wildman–Crippen MR) is 108 cm³/mol. The van der Waals surface area contributed by atoms with Gasteiger partial charge in [-0.2, -0.15) is 0 Å². The largest absolute Gasteiger partial charge is 0.504 e. The smallest absolute Gasteiger partial charge is 0.160 e. The normalized spacial score (nSPS) is 20.7. The summed E-state index contributed by atoms with van der Waals surface area (Å²) >= 11 is 0. The van der Waals surface area contributed by atoms with Crippen molar-refractivity contribution in [2.24, 2.45) is 11.8 Å². The van der Waals surface area contributed by atoms with Gasteiger partial charge in [0.2, 0.25) is 0 Å². The molecule has 2 unspecified atom stereocenters. The van der Waals surface area contributed by atoms with Crippen molar-refractivity contribution in [2.45, 2.75) is 44.9 Å². The van der Waals surface area contributed by atoms with E-state index in [9.17, 15) is 9.90 Å². The van der Waals surface area contributed by atoms with E-state index in [1.807, 2.05) is 30.3 Å². The maximum atomic E-state index is 13.3. The number of ether oxygens (including phenoxy) is 1. The van der Waals surface area contributed by atoms with E-state index < -0.39 is 0 Å². The van der Waals surface area contributed by atoms with Crippen molar-refractivity contribution < 1.29 is 14.6 Å². The van der Waals surface area contributed by atoms with Crippen LogP contribution in [0.25, 0.3) is 0 Å². The van der Waals surface area contributed by atoms with E-state index in [0.29, 0.717) is 18.0 Å². The Balaban J connectivity index is 1.73. The van der Waals surface area contributed by atoms with Crippen molar-refractivity contribution in [3.05, 3.63) is 53.6 Å². The Morgan fingerprint density at radius 2 is 1.56 bits per heavy atom. The molecule has 1 aliphatic carbocycles. The molecule has 0 spiro atoms. The fraction of sp³-hybridized carbons (Fsp3) is 0.435. The summed E-state index contributed by atoms with van der Waals surface area (Å²) in [4.78, 5) is 13.3. The molecule has 2 aromatic carbocycles. The first kappa shape index (κ1) is 19.3. The molecule has 1 fully saturated rings. The molecule has 3 N–H and O–H groups in total. The van der Waals surface area contributed by atoms with Crippen LogP contribution in [0.2, 0.25) is 0 Å². The first-order valence-corrected chi connectivity index (χ1v) is 9.81. The van der Waals surface area contributed by atoms with Crippen LogP contribution in [0.5, 0.6) is 11.5 Å². The third kappa shape index (κ3) is 5.03. The summed E-state index contributed by atoms with van der Waals surface area (Å²) in [5.74, 6) is 1.03. The number of methoxy groups -OCH3 is 1. The minimum Gasteiger partial charge on any atom is -0.504 e. The zero-order valence-corrected chi connectivity index (χ0v) is 16.0. The molecule has 4 heteroatoms. The minimum absolute atomic E-state index is 0.0110. The monoisotopic (exact) mass is 367 g/mol. The topological polar surface area (TPSA) is 72.5 Å². The molecule has 0 radical (unpaired) electrons. The first-order chi connectivity index (χ1) is 13.1. The lowest BCUT2D eigenvalue weighted by Gasteiger charge is -2.25. The molecule has 27 heavy (non-hydrogen) atoms. The van der Waals surface area contributed by atoms with E-state index >= 15 is 0 Å². The molecule has 144 valence electrons. The molecular weight excluding hydrogens is 338 g/mol. The third-order valence-corrected chi connectivity index (χ3v) is 5.60. The Morgan fingerprint density at radius 3 is 2.15 bits per heavy atom. The fourth-order valence-electron chi connectivity index (χ4n) is 4.07. The second-order valence-corrected chi connectivity index (χ2v) is 7.59. The third-order valence-electron chi connectivity index (χ3n) is 5.60. The van der Waals surface area contributed by atoms with Gasteiger partial charge in [-0.25, -0.2) is 0 Å². The number of aromatic hydroxyl groups is 1. The van der Waals surface area contributed by atoms with Crippen molar-refractivity contribution >= 4 is 11.5 Å². The molecule has 0 aliphatic heterocycles. The lowest BCUT2D eigenvalue weighted by Crippen LogP contribution is -2.28. The average Bonchev–Trinajstić information content (AvgIpc) is 2.66. The summed E-state index contributed by atoms with van der Waals surface area (Å²) in [5.41, 5.74) is 8.68. The predicted octanol–water partition coefficient (Wildman–Crippen LogP) is 4.53. The molecular formula is C23H29NO3. The number of benzene rings is 2. The number of carbonyl (C=O) groups is 1. The second-order valence-electron chi connectivity index (χ2n) is 7.59. The van der Waals surface area contributed by atoms with Gasteiger partial charge in [0.15, 0.2) is 11.5 Å². The Morgan fingerprint density at radius 1 is 0.963 bits per heavy atom. The van der Waals surface area contributed by atoms with Crippen LogP contribution in [0.15, 0.2) is 42.5 Å². The van der Waals surface area contributed by atoms with Crippen molar-refractivity contribution in [1.29, 1.82) is 0 Å². The highest BCUT2D eigenvalue weighted by Crippen LogP contribution is 2.31. The zero-order chi connectivity index (χ0) is 19.2. The van der Waals surface area contributed by atoms with Crippen molar-refractivity contribution in [3.63, 3.8) is 0 Å². The average molecular weight is 367 g/mol. The number of phenols is 1. The number of phenolic OH excluding ortho intramolecular Hbond substituents is 1. The molecule has 0 bridgehead atoms. The molecule has 0 amide bonds. The fourth-order valence-corrected chi connectivity index (χ4v) is 4.07. The number of hydrogen-bond donors (Lipinski definition) is 2. The molecule has 0 aromatic heterocycles. The van der Waals surface area contributed by atoms with Gasteiger partial charge in [0.1, 0.15) is 5.78 Å². The summed E-state index contributed by atoms with van der Waals surface area (Å²) in [6.07, 6.45) is 6.71. The Bertz CT molecular complexity index is 770. The maximum absolute atomic E-state index is 13.3. The molecule has 2 aromatic rings. The SMILES string of the molecule is COc1ccc(CC2CCCCCC(Cc3ccc(N)cc3)C2=O)cc1O. The maximum Gasteiger partial charge on any atom is 0.160 e. The second kappa shape index (κ2) is 8.94. The van der Waals surface area contributed by atoms with E-state index in [1.54, 1.807) is 12.1 Å². The van der Waals surface area contributed by atoms with Crippen molar-refractivity contribution in [3.8, 4) is 11.5 Å². The molecule has 2 atom stereocenters. The van der Waals surface area contributed by atoms with Crippen LogP contribution in [-0.4, -0.2) is 18.0 Å². The minimum atomic E-state index is 0.0110. The highest BCUT2D eigenvalue weighted by molar-refractivity contribution is 5.84. The van der Waals surface area contributed by atoms with Crippen LogP contribution in [0.3, 0.4) is 0 Å². The zero-order valence-electron chi connectivity index (χ0n) is 16.0. The number of rotatable bonds is 5. The first-order valence-electron chi connectivity index (χ1n) is 9.81. The van der Waals surface area contributed by atoms with Gasteiger partial charge in [-0.3, -0.25) is 4.79 Å². The molecule has 0 heterocycles. The summed E-state index contributed by atoms with van der Waals surface area (Å²) in [6, 6.07) is 13.3. The van der Waals surface area contributed by atoms with Gasteiger partial charge in [-0.1, -0.05) is 37.5 Å². The highest BCUT2D eigenvalue weighted by Gasteiger charge is 2.28. The van der Waals surface area contributed by atoms with E-state index in [-0.39, 0.29) is 17.6 Å². The van der Waals surface area contributed by atoms with E-state index in [4.69, 9.17) is 10.5 Å². The van der Waals surface area contributed by atoms with Gasteiger partial charge in [-0.05, 0) is 61.1 Å². The number of hydrogen-bond acceptors (Lipinski definition) is 4. The number of nitrogens with two attached hydrogens (primary N) is 1. The molecule has 3 rings (SSSR count). The van der Waals surface area contributed by atoms with Gasteiger partial charge in [0, 0.05) is 17.5 Å². The standard InChI is InChI=1S/C23H29NO3/c1-27-22-12-9-17(15-21(22)25)14-19-6-4-2-3-5-18(23(19)26)13-16-7-10-20(24)11-8-16/h7-12,15,18-19,25H,2-6,13-14,24H2,1H3. The number of anilines is 1. The quantitative estimate of drug-likeness (QED) is 0.761. The lowest BCUT2D eigenvalue weighted by atomic mass is 9.78. The van der Waals surface area contributed by atoms with E-state index in [0.717, 1.165) is 43.4 Å². The van der Waals surface area contributed by atoms with Crippen LogP contribution >= 0.6 is 0 Å². The van der Waals surface area contributed by atoms with Gasteiger partial charge < -0.3 is 15.6 Å². The van der Waals surface area contributed by atoms with Gasteiger partial charge in [0.05, 0.1) is 7.11 Å². The molecule has 0 saturated heterocycles. The molecule has 4 nitrogen and oxygen atoms in total. The van der Waals surface area contributed by atoms with Crippen molar-refractivity contribution in [2.75, 3.05) is 12.8 Å². The summed E-state index contributed by atoms with van der Waals surface area (Å²) in [6.45, 7) is 0. The Kier molecular flexibility index (Phi) is 6.38. The highest BCUT2D eigenvalue weighted by atomic mass is 16.5. The van der Waals surface area contributed by atoms with Crippen LogP contribution in [0.1, 0.15) is 43.2 Å². The van der Waals surface area contributed by atoms with Gasteiger partial charge in [-0.15, -0.1) is 0 Å². The molecule has 1 aliphatic rings. The summed E-state index contributed by atoms with van der Waals surface area (Å²) < 4.78 is 5.11. The van der Waals surface area contributed by atoms with Gasteiger partial charge >= 0.3 is 0 Å². The number of carbonyl (C=O) groups excluding carboxylic acids is 1. The van der Waals surface area contributed by atoms with Crippen LogP contribution in [0.4, 0.5) is 5.69 Å². The van der Waals surface area contributed by atoms with E-state index in [2.05, 4.69) is 0 Å². The number of Topliss-reactive ketones (excluding diaryl/α,β-unsaturated/α-hetero) is 1. The van der Waals surface area contributed by atoms with Gasteiger partial charge in [0.25, 0.3) is 0 Å². The Hall–Kier alpha value is -2.49.